The van der Waals surface area contributed by atoms with Crippen molar-refractivity contribution in [3.8, 4) is 28.8 Å². The van der Waals surface area contributed by atoms with Crippen molar-refractivity contribution >= 4 is 17.7 Å². The second kappa shape index (κ2) is 8.71. The van der Waals surface area contributed by atoms with Gasteiger partial charge in [0, 0.05) is 18.7 Å². The van der Waals surface area contributed by atoms with E-state index in [1.165, 1.54) is 7.11 Å². The second-order valence-electron chi connectivity index (χ2n) is 5.52. The number of aromatic nitrogens is 2. The summed E-state index contributed by atoms with van der Waals surface area (Å²) < 4.78 is 11.0. The number of nitriles is 1. The summed E-state index contributed by atoms with van der Waals surface area (Å²) >= 11 is 0. The molecule has 0 aliphatic carbocycles. The third kappa shape index (κ3) is 4.36. The zero-order chi connectivity index (χ0) is 20.0. The summed E-state index contributed by atoms with van der Waals surface area (Å²) in [5.74, 6) is 0.638. The topological polar surface area (TPSA) is 140 Å². The first-order valence-electron chi connectivity index (χ1n) is 8.37. The molecule has 0 aliphatic heterocycles. The number of anilines is 2. The number of carbonyl (C=O) groups excluding carboxylic acids is 1. The number of ether oxygens (including phenoxy) is 2. The number of nitrogen functional groups attached to an aromatic ring is 2. The van der Waals surface area contributed by atoms with Crippen molar-refractivity contribution in [3.05, 3.63) is 23.8 Å². The Hall–Kier alpha value is -3.54. The molecule has 9 heteroatoms. The van der Waals surface area contributed by atoms with E-state index in [2.05, 4.69) is 9.97 Å². The number of likely N-dealkylation sites (N-methyl/N-ethyl adjacent to an activating group) is 1. The van der Waals surface area contributed by atoms with E-state index >= 15 is 0 Å². The first-order chi connectivity index (χ1) is 12.9. The van der Waals surface area contributed by atoms with E-state index in [1.54, 1.807) is 23.1 Å². The molecule has 0 fully saturated rings. The summed E-state index contributed by atoms with van der Waals surface area (Å²) in [5.41, 5.74) is 12.4. The van der Waals surface area contributed by atoms with Gasteiger partial charge in [-0.25, -0.2) is 4.98 Å². The molecule has 0 saturated heterocycles. The fourth-order valence-corrected chi connectivity index (χ4v) is 2.56. The second-order valence-corrected chi connectivity index (χ2v) is 5.52. The van der Waals surface area contributed by atoms with Crippen molar-refractivity contribution in [2.45, 2.75) is 13.8 Å². The normalized spacial score (nSPS) is 10.1. The van der Waals surface area contributed by atoms with E-state index in [0.717, 1.165) is 0 Å². The quantitative estimate of drug-likeness (QED) is 0.746. The van der Waals surface area contributed by atoms with Crippen LogP contribution in [0.5, 0.6) is 11.5 Å². The average molecular weight is 370 g/mol. The first kappa shape index (κ1) is 19.8. The molecule has 0 atom stereocenters. The van der Waals surface area contributed by atoms with Crippen LogP contribution in [-0.2, 0) is 4.79 Å². The number of benzene rings is 1. The van der Waals surface area contributed by atoms with E-state index in [9.17, 15) is 10.1 Å². The van der Waals surface area contributed by atoms with Crippen molar-refractivity contribution in [1.29, 1.82) is 5.26 Å². The fourth-order valence-electron chi connectivity index (χ4n) is 2.56. The smallest absolute Gasteiger partial charge is 0.260 e. The van der Waals surface area contributed by atoms with Gasteiger partial charge in [-0.2, -0.15) is 10.2 Å². The predicted octanol–water partition coefficient (Wildman–Crippen LogP) is 1.44. The highest BCUT2D eigenvalue weighted by Crippen LogP contribution is 2.34. The lowest BCUT2D eigenvalue weighted by Gasteiger charge is -2.19. The van der Waals surface area contributed by atoms with Gasteiger partial charge in [-0.3, -0.25) is 4.79 Å². The molecule has 27 heavy (non-hydrogen) atoms. The largest absolute Gasteiger partial charge is 0.493 e. The van der Waals surface area contributed by atoms with Crippen molar-refractivity contribution < 1.29 is 14.3 Å². The number of nitrogens with two attached hydrogens (primary N) is 2. The van der Waals surface area contributed by atoms with Crippen LogP contribution in [0.15, 0.2) is 18.2 Å². The average Bonchev–Trinajstić information content (AvgIpc) is 2.66. The molecule has 1 aromatic heterocycles. The standard InChI is InChI=1S/C18H22N6O3/c1-4-24(5-2)15(25)10-27-13-7-6-11(8-14(13)26-3)16-12(9-19)17(20)23-18(21)22-16/h6-8H,4-5,10H2,1-3H3,(H4,20,21,22,23). The SMILES string of the molecule is CCN(CC)C(=O)COc1ccc(-c2nc(N)nc(N)c2C#N)cc1OC. The molecule has 9 nitrogen and oxygen atoms in total. The highest BCUT2D eigenvalue weighted by Gasteiger charge is 2.17. The van der Waals surface area contributed by atoms with Crippen molar-refractivity contribution in [2.24, 2.45) is 0 Å². The molecular formula is C18H22N6O3. The van der Waals surface area contributed by atoms with Crippen LogP contribution in [0.3, 0.4) is 0 Å². The number of hydrogen-bond acceptors (Lipinski definition) is 8. The summed E-state index contributed by atoms with van der Waals surface area (Å²) in [6.45, 7) is 4.93. The van der Waals surface area contributed by atoms with Gasteiger partial charge in [0.15, 0.2) is 18.1 Å². The maximum absolute atomic E-state index is 12.1. The summed E-state index contributed by atoms with van der Waals surface area (Å²) in [4.78, 5) is 21.7. The van der Waals surface area contributed by atoms with Crippen LogP contribution in [0.25, 0.3) is 11.3 Å². The van der Waals surface area contributed by atoms with Gasteiger partial charge in [0.2, 0.25) is 5.95 Å². The Bertz CT molecular complexity index is 874. The van der Waals surface area contributed by atoms with Gasteiger partial charge in [0.25, 0.3) is 5.91 Å². The molecular weight excluding hydrogens is 348 g/mol. The van der Waals surface area contributed by atoms with Crippen molar-refractivity contribution in [1.82, 2.24) is 14.9 Å². The molecule has 0 aliphatic rings. The summed E-state index contributed by atoms with van der Waals surface area (Å²) in [6.07, 6.45) is 0. The zero-order valence-corrected chi connectivity index (χ0v) is 15.5. The van der Waals surface area contributed by atoms with Gasteiger partial charge in [-0.05, 0) is 32.0 Å². The Kier molecular flexibility index (Phi) is 6.38. The predicted molar refractivity (Wildman–Crippen MR) is 101 cm³/mol. The van der Waals surface area contributed by atoms with Gasteiger partial charge in [-0.15, -0.1) is 0 Å². The molecule has 0 radical (unpaired) electrons. The number of methoxy groups -OCH3 is 1. The lowest BCUT2D eigenvalue weighted by Crippen LogP contribution is -2.34. The highest BCUT2D eigenvalue weighted by atomic mass is 16.5. The van der Waals surface area contributed by atoms with Gasteiger partial charge in [-0.1, -0.05) is 0 Å². The minimum absolute atomic E-state index is 0.00381. The zero-order valence-electron chi connectivity index (χ0n) is 15.5. The van der Waals surface area contributed by atoms with Crippen LogP contribution in [0.1, 0.15) is 19.4 Å². The Morgan fingerprint density at radius 2 is 1.93 bits per heavy atom. The van der Waals surface area contributed by atoms with Gasteiger partial charge >= 0.3 is 0 Å². The van der Waals surface area contributed by atoms with Crippen LogP contribution >= 0.6 is 0 Å². The minimum Gasteiger partial charge on any atom is -0.493 e. The third-order valence-electron chi connectivity index (χ3n) is 3.97. The molecule has 1 aromatic carbocycles. The highest BCUT2D eigenvalue weighted by molar-refractivity contribution is 5.78. The maximum atomic E-state index is 12.1. The number of carbonyl (C=O) groups is 1. The lowest BCUT2D eigenvalue weighted by atomic mass is 10.1. The Labute approximate surface area is 157 Å². The monoisotopic (exact) mass is 370 g/mol. The number of amides is 1. The van der Waals surface area contributed by atoms with Crippen molar-refractivity contribution in [3.63, 3.8) is 0 Å². The summed E-state index contributed by atoms with van der Waals surface area (Å²) in [7, 11) is 1.48. The molecule has 142 valence electrons. The van der Waals surface area contributed by atoms with E-state index in [4.69, 9.17) is 20.9 Å². The molecule has 4 N–H and O–H groups in total. The van der Waals surface area contributed by atoms with Gasteiger partial charge in [0.05, 0.1) is 12.8 Å². The van der Waals surface area contributed by atoms with E-state index in [0.29, 0.717) is 35.8 Å². The van der Waals surface area contributed by atoms with Crippen LogP contribution < -0.4 is 20.9 Å². The molecule has 1 heterocycles. The third-order valence-corrected chi connectivity index (χ3v) is 3.97. The molecule has 0 bridgehead atoms. The molecule has 0 saturated carbocycles. The van der Waals surface area contributed by atoms with Gasteiger partial charge < -0.3 is 25.8 Å². The fraction of sp³-hybridized carbons (Fsp3) is 0.333. The number of rotatable bonds is 7. The Morgan fingerprint density at radius 3 is 2.52 bits per heavy atom. The molecule has 0 spiro atoms. The number of hydrogen-bond donors (Lipinski definition) is 2. The number of nitrogens with zero attached hydrogens (tertiary/aromatic N) is 4. The van der Waals surface area contributed by atoms with Gasteiger partial charge in [0.1, 0.15) is 17.5 Å². The van der Waals surface area contributed by atoms with Crippen LogP contribution in [0, 0.1) is 11.3 Å². The maximum Gasteiger partial charge on any atom is 0.260 e. The first-order valence-corrected chi connectivity index (χ1v) is 8.37. The van der Waals surface area contributed by atoms with Crippen LogP contribution in [0.4, 0.5) is 11.8 Å². The van der Waals surface area contributed by atoms with E-state index in [-0.39, 0.29) is 29.8 Å². The van der Waals surface area contributed by atoms with E-state index in [1.807, 2.05) is 19.9 Å². The van der Waals surface area contributed by atoms with Crippen LogP contribution in [0.2, 0.25) is 0 Å². The minimum atomic E-state index is -0.116. The molecule has 2 rings (SSSR count). The Balaban J connectivity index is 2.32. The molecule has 0 unspecified atom stereocenters. The van der Waals surface area contributed by atoms with Crippen molar-refractivity contribution in [2.75, 3.05) is 38.3 Å². The summed E-state index contributed by atoms with van der Waals surface area (Å²) in [5, 5.41) is 9.33. The lowest BCUT2D eigenvalue weighted by molar-refractivity contribution is -0.132. The molecule has 2 aromatic rings. The summed E-state index contributed by atoms with van der Waals surface area (Å²) in [6, 6.07) is 6.94. The molecule has 1 amide bonds. The Morgan fingerprint density at radius 1 is 1.22 bits per heavy atom. The van der Waals surface area contributed by atoms with E-state index < -0.39 is 0 Å². The van der Waals surface area contributed by atoms with Crippen LogP contribution in [-0.4, -0.2) is 47.6 Å².